The molecule has 1 heterocycles. The van der Waals surface area contributed by atoms with Gasteiger partial charge in [-0.25, -0.2) is 4.98 Å². The van der Waals surface area contributed by atoms with Crippen LogP contribution in [-0.2, 0) is 10.4 Å². The third kappa shape index (κ3) is 2.69. The highest BCUT2D eigenvalue weighted by Gasteiger charge is 2.31. The van der Waals surface area contributed by atoms with Crippen molar-refractivity contribution in [3.8, 4) is 0 Å². The van der Waals surface area contributed by atoms with Crippen molar-refractivity contribution in [3.05, 3.63) is 90.0 Å². The van der Waals surface area contributed by atoms with Gasteiger partial charge in [0.25, 0.3) is 5.91 Å². The van der Waals surface area contributed by atoms with Crippen molar-refractivity contribution >= 4 is 12.2 Å². The second-order valence-electron chi connectivity index (χ2n) is 5.10. The molecular formula is C18H14N2O3. The molecule has 1 aromatic heterocycles. The van der Waals surface area contributed by atoms with Crippen LogP contribution in [0, 0.1) is 0 Å². The highest BCUT2D eigenvalue weighted by molar-refractivity contribution is 5.95. The molecular weight excluding hydrogens is 292 g/mol. The van der Waals surface area contributed by atoms with Gasteiger partial charge in [0.05, 0.1) is 0 Å². The van der Waals surface area contributed by atoms with Crippen molar-refractivity contribution in [1.82, 2.24) is 9.55 Å². The molecule has 0 aliphatic rings. The second-order valence-corrected chi connectivity index (χ2v) is 5.10. The van der Waals surface area contributed by atoms with Gasteiger partial charge in [-0.15, -0.1) is 0 Å². The number of benzene rings is 2. The van der Waals surface area contributed by atoms with Gasteiger partial charge in [0, 0.05) is 18.0 Å². The number of rotatable bonds is 4. The lowest BCUT2D eigenvalue weighted by Gasteiger charge is -2.23. The predicted molar refractivity (Wildman–Crippen MR) is 83.9 cm³/mol. The van der Waals surface area contributed by atoms with Crippen molar-refractivity contribution in [1.29, 1.82) is 0 Å². The molecule has 1 atom stereocenters. The zero-order valence-electron chi connectivity index (χ0n) is 12.2. The molecule has 114 valence electrons. The Labute approximate surface area is 132 Å². The van der Waals surface area contributed by atoms with Gasteiger partial charge in [-0.05, 0) is 23.3 Å². The molecule has 5 nitrogen and oxygen atoms in total. The number of carbonyl (C=O) groups is 2. The summed E-state index contributed by atoms with van der Waals surface area (Å²) in [7, 11) is 0. The van der Waals surface area contributed by atoms with Gasteiger partial charge in [0.15, 0.2) is 11.9 Å². The summed E-state index contributed by atoms with van der Waals surface area (Å²) in [6, 6.07) is 15.0. The molecule has 0 aliphatic heterocycles. The lowest BCUT2D eigenvalue weighted by molar-refractivity contribution is -0.121. The summed E-state index contributed by atoms with van der Waals surface area (Å²) in [6.07, 6.45) is 4.99. The Morgan fingerprint density at radius 3 is 2.26 bits per heavy atom. The molecule has 2 aromatic carbocycles. The average molecular weight is 306 g/mol. The standard InChI is InChI=1S/C18H14N2O3/c21-12-18(23,15-4-2-1-3-5-15)16-8-6-14(7-9-16)17(22)20-11-10-19-13-20/h1-13,23H. The van der Waals surface area contributed by atoms with E-state index in [2.05, 4.69) is 4.98 Å². The lowest BCUT2D eigenvalue weighted by Crippen LogP contribution is -2.29. The third-order valence-corrected chi connectivity index (χ3v) is 3.70. The van der Waals surface area contributed by atoms with Gasteiger partial charge in [0.1, 0.15) is 6.33 Å². The Kier molecular flexibility index (Phi) is 3.87. The van der Waals surface area contributed by atoms with E-state index >= 15 is 0 Å². The molecule has 0 saturated heterocycles. The molecule has 0 spiro atoms. The predicted octanol–water partition coefficient (Wildman–Crippen LogP) is 2.01. The lowest BCUT2D eigenvalue weighted by atomic mass is 9.87. The van der Waals surface area contributed by atoms with E-state index in [1.165, 1.54) is 17.1 Å². The van der Waals surface area contributed by atoms with E-state index in [0.717, 1.165) is 0 Å². The summed E-state index contributed by atoms with van der Waals surface area (Å²) in [5.74, 6) is -0.233. The van der Waals surface area contributed by atoms with E-state index in [1.54, 1.807) is 54.7 Å². The van der Waals surface area contributed by atoms with Gasteiger partial charge < -0.3 is 5.11 Å². The fourth-order valence-corrected chi connectivity index (χ4v) is 2.39. The van der Waals surface area contributed by atoms with E-state index in [1.807, 2.05) is 6.07 Å². The number of nitrogens with zero attached hydrogens (tertiary/aromatic N) is 2. The molecule has 0 bridgehead atoms. The summed E-state index contributed by atoms with van der Waals surface area (Å²) < 4.78 is 1.36. The zero-order chi connectivity index (χ0) is 16.3. The van der Waals surface area contributed by atoms with E-state index in [4.69, 9.17) is 0 Å². The summed E-state index contributed by atoms with van der Waals surface area (Å²) in [4.78, 5) is 27.5. The van der Waals surface area contributed by atoms with Crippen LogP contribution in [0.15, 0.2) is 73.3 Å². The van der Waals surface area contributed by atoms with Crippen LogP contribution in [0.4, 0.5) is 0 Å². The van der Waals surface area contributed by atoms with Gasteiger partial charge in [-0.2, -0.15) is 0 Å². The molecule has 23 heavy (non-hydrogen) atoms. The smallest absolute Gasteiger partial charge is 0.263 e. The topological polar surface area (TPSA) is 72.2 Å². The SMILES string of the molecule is O=CC(O)(c1ccccc1)c1ccc(C(=O)n2ccnc2)cc1. The molecule has 0 saturated carbocycles. The second kappa shape index (κ2) is 5.98. The third-order valence-electron chi connectivity index (χ3n) is 3.70. The summed E-state index contributed by atoms with van der Waals surface area (Å²) in [5, 5.41) is 10.7. The van der Waals surface area contributed by atoms with E-state index in [-0.39, 0.29) is 5.91 Å². The minimum absolute atomic E-state index is 0.233. The van der Waals surface area contributed by atoms with E-state index < -0.39 is 5.60 Å². The Bertz CT molecular complexity index is 811. The van der Waals surface area contributed by atoms with Crippen LogP contribution in [0.3, 0.4) is 0 Å². The van der Waals surface area contributed by atoms with Gasteiger partial charge in [-0.1, -0.05) is 42.5 Å². The summed E-state index contributed by atoms with van der Waals surface area (Å²) in [5.41, 5.74) is -0.421. The van der Waals surface area contributed by atoms with Crippen molar-refractivity contribution in [2.75, 3.05) is 0 Å². The number of aldehydes is 1. The summed E-state index contributed by atoms with van der Waals surface area (Å²) >= 11 is 0. The zero-order valence-corrected chi connectivity index (χ0v) is 12.2. The molecule has 0 aliphatic carbocycles. The number of aliphatic hydroxyl groups is 1. The normalized spacial score (nSPS) is 13.3. The van der Waals surface area contributed by atoms with Crippen LogP contribution in [0.5, 0.6) is 0 Å². The molecule has 1 N–H and O–H groups in total. The maximum atomic E-state index is 12.2. The van der Waals surface area contributed by atoms with Crippen molar-refractivity contribution in [2.45, 2.75) is 5.60 Å². The molecule has 0 amide bonds. The van der Waals surface area contributed by atoms with Crippen LogP contribution in [0.25, 0.3) is 0 Å². The molecule has 3 aromatic rings. The van der Waals surface area contributed by atoms with Crippen LogP contribution in [0.2, 0.25) is 0 Å². The van der Waals surface area contributed by atoms with E-state index in [9.17, 15) is 14.7 Å². The number of aromatic nitrogens is 2. The van der Waals surface area contributed by atoms with Crippen LogP contribution >= 0.6 is 0 Å². The van der Waals surface area contributed by atoms with Gasteiger partial charge in [-0.3, -0.25) is 14.2 Å². The fourth-order valence-electron chi connectivity index (χ4n) is 2.39. The number of hydrogen-bond donors (Lipinski definition) is 1. The number of carbonyl (C=O) groups excluding carboxylic acids is 2. The molecule has 0 fully saturated rings. The molecule has 5 heteroatoms. The maximum Gasteiger partial charge on any atom is 0.263 e. The van der Waals surface area contributed by atoms with Crippen LogP contribution in [0.1, 0.15) is 21.5 Å². The first-order valence-electron chi connectivity index (χ1n) is 7.02. The minimum atomic E-state index is -1.74. The highest BCUT2D eigenvalue weighted by Crippen LogP contribution is 2.27. The first-order chi connectivity index (χ1) is 11.1. The maximum absolute atomic E-state index is 12.2. The van der Waals surface area contributed by atoms with E-state index in [0.29, 0.717) is 23.0 Å². The van der Waals surface area contributed by atoms with Crippen molar-refractivity contribution < 1.29 is 14.7 Å². The average Bonchev–Trinajstić information content (AvgIpc) is 3.16. The van der Waals surface area contributed by atoms with Gasteiger partial charge in [0.2, 0.25) is 0 Å². The summed E-state index contributed by atoms with van der Waals surface area (Å²) in [6.45, 7) is 0. The monoisotopic (exact) mass is 306 g/mol. The Hall–Kier alpha value is -3.05. The van der Waals surface area contributed by atoms with Crippen LogP contribution in [-0.4, -0.2) is 26.9 Å². The number of hydrogen-bond acceptors (Lipinski definition) is 4. The van der Waals surface area contributed by atoms with Gasteiger partial charge >= 0.3 is 0 Å². The quantitative estimate of drug-likeness (QED) is 0.748. The molecule has 0 radical (unpaired) electrons. The van der Waals surface area contributed by atoms with Crippen LogP contribution < -0.4 is 0 Å². The Balaban J connectivity index is 1.95. The Morgan fingerprint density at radius 2 is 1.70 bits per heavy atom. The minimum Gasteiger partial charge on any atom is -0.373 e. The first kappa shape index (κ1) is 14.9. The molecule has 3 rings (SSSR count). The largest absolute Gasteiger partial charge is 0.373 e. The molecule has 1 unspecified atom stereocenters. The fraction of sp³-hybridized carbons (Fsp3) is 0.0556. The first-order valence-corrected chi connectivity index (χ1v) is 7.02. The highest BCUT2D eigenvalue weighted by atomic mass is 16.3. The van der Waals surface area contributed by atoms with Crippen molar-refractivity contribution in [2.24, 2.45) is 0 Å². The van der Waals surface area contributed by atoms with Crippen molar-refractivity contribution in [3.63, 3.8) is 0 Å². The number of imidazole rings is 1. The Morgan fingerprint density at radius 1 is 1.04 bits per heavy atom.